The minimum Gasteiger partial charge on any atom is -0.465 e. The third-order valence-corrected chi connectivity index (χ3v) is 3.02. The number of halogens is 1. The monoisotopic (exact) mass is 275 g/mol. The smallest absolute Gasteiger partial charge is 0.256 e. The van der Waals surface area contributed by atoms with Gasteiger partial charge in [0, 0.05) is 6.04 Å². The van der Waals surface area contributed by atoms with Crippen molar-refractivity contribution in [2.24, 2.45) is 0 Å². The molecule has 1 amide bonds. The third-order valence-electron chi connectivity index (χ3n) is 2.07. The number of hydrogen-bond donors (Lipinski definition) is 2. The van der Waals surface area contributed by atoms with Crippen molar-refractivity contribution in [1.29, 1.82) is 0 Å². The van der Waals surface area contributed by atoms with Crippen LogP contribution in [0.5, 0.6) is 0 Å². The highest BCUT2D eigenvalue weighted by atomic mass is 79.9. The van der Waals surface area contributed by atoms with E-state index in [1.54, 1.807) is 20.8 Å². The number of aliphatic hydroxyl groups excluding tert-OH is 1. The molecule has 1 heterocycles. The molecule has 0 spiro atoms. The first-order chi connectivity index (χ1) is 6.97. The summed E-state index contributed by atoms with van der Waals surface area (Å²) in [6.07, 6.45) is 0. The van der Waals surface area contributed by atoms with E-state index in [4.69, 9.17) is 9.52 Å². The summed E-state index contributed by atoms with van der Waals surface area (Å²) in [7, 11) is 0. The van der Waals surface area contributed by atoms with E-state index in [9.17, 15) is 4.79 Å². The molecule has 0 saturated heterocycles. The third kappa shape index (κ3) is 2.60. The van der Waals surface area contributed by atoms with E-state index in [1.807, 2.05) is 0 Å². The molecule has 0 aliphatic heterocycles. The quantitative estimate of drug-likeness (QED) is 0.884. The molecule has 2 N–H and O–H groups in total. The first-order valence-electron chi connectivity index (χ1n) is 4.64. The number of carbonyl (C=O) groups is 1. The minimum atomic E-state index is -0.265. The van der Waals surface area contributed by atoms with Crippen LogP contribution in [0.1, 0.15) is 28.8 Å². The van der Waals surface area contributed by atoms with Crippen LogP contribution in [0.25, 0.3) is 0 Å². The molecule has 0 aliphatic carbocycles. The topological polar surface area (TPSA) is 62.5 Å². The number of furan rings is 1. The van der Waals surface area contributed by atoms with Crippen molar-refractivity contribution in [3.05, 3.63) is 21.6 Å². The number of carbonyl (C=O) groups excluding carboxylic acids is 1. The normalized spacial score (nSPS) is 12.6. The molecule has 0 aromatic carbocycles. The maximum Gasteiger partial charge on any atom is 0.256 e. The summed E-state index contributed by atoms with van der Waals surface area (Å²) in [6.45, 7) is 5.16. The van der Waals surface area contributed by atoms with Gasteiger partial charge in [0.25, 0.3) is 5.91 Å². The molecule has 0 aliphatic rings. The molecule has 1 unspecified atom stereocenters. The largest absolute Gasteiger partial charge is 0.465 e. The summed E-state index contributed by atoms with van der Waals surface area (Å²) in [5.74, 6) is 1.01. The molecular formula is C10H14BrNO3. The molecule has 4 nitrogen and oxygen atoms in total. The highest BCUT2D eigenvalue weighted by Gasteiger charge is 2.20. The zero-order valence-electron chi connectivity index (χ0n) is 8.93. The summed E-state index contributed by atoms with van der Waals surface area (Å²) in [5.41, 5.74) is 0.493. The molecule has 1 aromatic heterocycles. The van der Waals surface area contributed by atoms with Crippen molar-refractivity contribution in [3.63, 3.8) is 0 Å². The van der Waals surface area contributed by atoms with E-state index in [0.29, 0.717) is 21.6 Å². The summed E-state index contributed by atoms with van der Waals surface area (Å²) in [4.78, 5) is 11.8. The van der Waals surface area contributed by atoms with Gasteiger partial charge in [-0.05, 0) is 36.7 Å². The van der Waals surface area contributed by atoms with Crippen molar-refractivity contribution < 1.29 is 14.3 Å². The lowest BCUT2D eigenvalue weighted by Crippen LogP contribution is -2.35. The summed E-state index contributed by atoms with van der Waals surface area (Å²) < 4.78 is 5.98. The van der Waals surface area contributed by atoms with Gasteiger partial charge in [0.15, 0.2) is 0 Å². The Morgan fingerprint density at radius 3 is 2.53 bits per heavy atom. The van der Waals surface area contributed by atoms with E-state index in [1.165, 1.54) is 0 Å². The van der Waals surface area contributed by atoms with E-state index in [2.05, 4.69) is 21.2 Å². The van der Waals surface area contributed by atoms with Gasteiger partial charge >= 0.3 is 0 Å². The fourth-order valence-corrected chi connectivity index (χ4v) is 1.80. The van der Waals surface area contributed by atoms with Crippen LogP contribution < -0.4 is 5.32 Å². The average molecular weight is 276 g/mol. The van der Waals surface area contributed by atoms with Gasteiger partial charge in [0.1, 0.15) is 11.5 Å². The Kier molecular flexibility index (Phi) is 3.93. The first-order valence-corrected chi connectivity index (χ1v) is 5.43. The van der Waals surface area contributed by atoms with Gasteiger partial charge in [0.05, 0.1) is 16.6 Å². The number of amides is 1. The molecule has 0 fully saturated rings. The van der Waals surface area contributed by atoms with Crippen LogP contribution >= 0.6 is 15.9 Å². The molecule has 0 bridgehead atoms. The van der Waals surface area contributed by atoms with Gasteiger partial charge < -0.3 is 14.8 Å². The van der Waals surface area contributed by atoms with Crippen LogP contribution in [0.2, 0.25) is 0 Å². The predicted octanol–water partition coefficient (Wildman–Crippen LogP) is 1.77. The van der Waals surface area contributed by atoms with E-state index in [0.717, 1.165) is 0 Å². The van der Waals surface area contributed by atoms with Gasteiger partial charge in [-0.15, -0.1) is 0 Å². The molecular weight excluding hydrogens is 262 g/mol. The second kappa shape index (κ2) is 4.81. The molecule has 1 rings (SSSR count). The van der Waals surface area contributed by atoms with E-state index < -0.39 is 0 Å². The van der Waals surface area contributed by atoms with Crippen LogP contribution in [0.15, 0.2) is 8.89 Å². The van der Waals surface area contributed by atoms with Crippen molar-refractivity contribution in [3.8, 4) is 0 Å². The van der Waals surface area contributed by atoms with Gasteiger partial charge in [-0.2, -0.15) is 0 Å². The van der Waals surface area contributed by atoms with E-state index >= 15 is 0 Å². The maximum atomic E-state index is 11.8. The van der Waals surface area contributed by atoms with Crippen molar-refractivity contribution in [2.45, 2.75) is 26.8 Å². The Labute approximate surface area is 96.8 Å². The lowest BCUT2D eigenvalue weighted by molar-refractivity contribution is 0.0920. The Morgan fingerprint density at radius 1 is 1.53 bits per heavy atom. The summed E-state index contributed by atoms with van der Waals surface area (Å²) in [5, 5.41) is 11.5. The van der Waals surface area contributed by atoms with Gasteiger partial charge in [-0.25, -0.2) is 0 Å². The number of hydrogen-bond acceptors (Lipinski definition) is 3. The SMILES string of the molecule is Cc1oc(C)c(C(=O)NC(C)CO)c1Br. The zero-order chi connectivity index (χ0) is 11.6. The summed E-state index contributed by atoms with van der Waals surface area (Å²) in [6, 6.07) is -0.265. The highest BCUT2D eigenvalue weighted by molar-refractivity contribution is 9.10. The van der Waals surface area contributed by atoms with Crippen LogP contribution in [0.4, 0.5) is 0 Å². The molecule has 1 atom stereocenters. The number of rotatable bonds is 3. The van der Waals surface area contributed by atoms with Crippen LogP contribution in [-0.2, 0) is 0 Å². The zero-order valence-corrected chi connectivity index (χ0v) is 10.5. The fraction of sp³-hybridized carbons (Fsp3) is 0.500. The Hall–Kier alpha value is -0.810. The number of nitrogens with one attached hydrogen (secondary N) is 1. The predicted molar refractivity (Wildman–Crippen MR) is 59.9 cm³/mol. The van der Waals surface area contributed by atoms with Gasteiger partial charge in [-0.1, -0.05) is 0 Å². The molecule has 5 heteroatoms. The maximum absolute atomic E-state index is 11.8. The van der Waals surface area contributed by atoms with Crippen molar-refractivity contribution in [2.75, 3.05) is 6.61 Å². The van der Waals surface area contributed by atoms with Gasteiger partial charge in [0.2, 0.25) is 0 Å². The van der Waals surface area contributed by atoms with Crippen LogP contribution in [-0.4, -0.2) is 23.7 Å². The van der Waals surface area contributed by atoms with Crippen molar-refractivity contribution in [1.82, 2.24) is 5.32 Å². The molecule has 15 heavy (non-hydrogen) atoms. The number of aryl methyl sites for hydroxylation is 2. The Morgan fingerprint density at radius 2 is 2.13 bits per heavy atom. The molecule has 1 aromatic rings. The van der Waals surface area contributed by atoms with Crippen LogP contribution in [0.3, 0.4) is 0 Å². The first kappa shape index (κ1) is 12.3. The lowest BCUT2D eigenvalue weighted by atomic mass is 10.2. The number of aliphatic hydroxyl groups is 1. The average Bonchev–Trinajstić information content (AvgIpc) is 2.41. The Balaban J connectivity index is 2.91. The van der Waals surface area contributed by atoms with Gasteiger partial charge in [-0.3, -0.25) is 4.79 Å². The lowest BCUT2D eigenvalue weighted by Gasteiger charge is -2.10. The fourth-order valence-electron chi connectivity index (χ4n) is 1.26. The molecule has 84 valence electrons. The molecule has 0 radical (unpaired) electrons. The van der Waals surface area contributed by atoms with Crippen molar-refractivity contribution >= 4 is 21.8 Å². The molecule has 0 saturated carbocycles. The second-order valence-electron chi connectivity index (χ2n) is 3.46. The minimum absolute atomic E-state index is 0.0841. The van der Waals surface area contributed by atoms with Crippen LogP contribution in [0, 0.1) is 13.8 Å². The Bertz CT molecular complexity index is 373. The summed E-state index contributed by atoms with van der Waals surface area (Å²) >= 11 is 3.30. The van der Waals surface area contributed by atoms with E-state index in [-0.39, 0.29) is 18.6 Å². The highest BCUT2D eigenvalue weighted by Crippen LogP contribution is 2.27. The standard InChI is InChI=1S/C10H14BrNO3/c1-5(4-13)12-10(14)8-6(2)15-7(3)9(8)11/h5,13H,4H2,1-3H3,(H,12,14). The second-order valence-corrected chi connectivity index (χ2v) is 4.25.